The summed E-state index contributed by atoms with van der Waals surface area (Å²) in [6, 6.07) is 0. The Morgan fingerprint density at radius 3 is 2.25 bits per heavy atom. The van der Waals surface area contributed by atoms with Gasteiger partial charge in [0, 0.05) is 43.1 Å². The molecule has 0 fully saturated rings. The first-order valence-corrected chi connectivity index (χ1v) is 17.4. The van der Waals surface area contributed by atoms with Crippen LogP contribution in [0.2, 0.25) is 0 Å². The van der Waals surface area contributed by atoms with E-state index in [0.717, 1.165) is 11.1 Å². The van der Waals surface area contributed by atoms with E-state index in [-0.39, 0.29) is 47.4 Å². The van der Waals surface area contributed by atoms with Crippen LogP contribution in [0.4, 0.5) is 0 Å². The SMILES string of the molecule is C/C=C/C(O)C(C)/C=C/C(=O)C(C)C(O)C(C)C1CC(=O)/C(OC)=C/C(C)=C/C(C)C(O)C(CC)C(O)C(C)C/C(C)=C/C=C/C1OC. The molecule has 12 unspecified atom stereocenters. The van der Waals surface area contributed by atoms with E-state index in [2.05, 4.69) is 0 Å². The van der Waals surface area contributed by atoms with E-state index in [1.54, 1.807) is 38.3 Å². The van der Waals surface area contributed by atoms with Crippen LogP contribution in [0.5, 0.6) is 0 Å². The fourth-order valence-corrected chi connectivity index (χ4v) is 6.62. The molecule has 0 saturated heterocycles. The van der Waals surface area contributed by atoms with Crippen LogP contribution in [0.25, 0.3) is 0 Å². The van der Waals surface area contributed by atoms with Gasteiger partial charge in [-0.3, -0.25) is 9.59 Å². The quantitative estimate of drug-likeness (QED) is 0.148. The molecular formula is C40H64O8. The Morgan fingerprint density at radius 1 is 1.04 bits per heavy atom. The minimum Gasteiger partial charge on any atom is -0.493 e. The number of methoxy groups -OCH3 is 2. The van der Waals surface area contributed by atoms with Crippen LogP contribution in [-0.2, 0) is 19.1 Å². The van der Waals surface area contributed by atoms with E-state index in [1.165, 1.54) is 13.2 Å². The Kier molecular flexibility index (Phi) is 19.4. The van der Waals surface area contributed by atoms with Crippen molar-refractivity contribution in [2.75, 3.05) is 14.2 Å². The Balaban J connectivity index is 3.59. The molecule has 8 heteroatoms. The molecule has 0 radical (unpaired) electrons. The monoisotopic (exact) mass is 672 g/mol. The Labute approximate surface area is 290 Å². The molecule has 0 spiro atoms. The van der Waals surface area contributed by atoms with Gasteiger partial charge in [-0.2, -0.15) is 0 Å². The summed E-state index contributed by atoms with van der Waals surface area (Å²) in [6.07, 6.45) is 13.0. The van der Waals surface area contributed by atoms with Crippen molar-refractivity contribution in [2.45, 2.75) is 112 Å². The summed E-state index contributed by atoms with van der Waals surface area (Å²) < 4.78 is 11.4. The number of aliphatic hydroxyl groups excluding tert-OH is 4. The van der Waals surface area contributed by atoms with Crippen LogP contribution in [0.15, 0.2) is 71.6 Å². The standard InChI is InChI=1S/C40H64O8/c1-12-15-33(41)26(5)18-19-34(42)30(9)40(46)29(8)32-23-35(43)37(48-11)22-25(4)21-28(7)39(45)31(13-2)38(44)27(6)20-24(3)16-14-17-36(32)47-10/h12,14-19,21-22,26-33,36,38-41,44-46H,13,20,23H2,1-11H3/b15-12+,17-14+,19-18+,24-16+,25-21+,37-22-. The second-order valence-corrected chi connectivity index (χ2v) is 13.9. The number of carbonyl (C=O) groups excluding carboxylic acids is 2. The van der Waals surface area contributed by atoms with Crippen molar-refractivity contribution in [3.8, 4) is 0 Å². The van der Waals surface area contributed by atoms with Crippen LogP contribution in [0.3, 0.4) is 0 Å². The zero-order valence-electron chi connectivity index (χ0n) is 31.2. The van der Waals surface area contributed by atoms with Crippen LogP contribution in [0.1, 0.15) is 81.6 Å². The fraction of sp³-hybridized carbons (Fsp3) is 0.650. The molecule has 8 nitrogen and oxygen atoms in total. The number of rotatable bonds is 11. The van der Waals surface area contributed by atoms with Gasteiger partial charge in [0.1, 0.15) is 0 Å². The smallest absolute Gasteiger partial charge is 0.197 e. The maximum Gasteiger partial charge on any atom is 0.197 e. The zero-order chi connectivity index (χ0) is 36.7. The maximum absolute atomic E-state index is 13.8. The Hall–Kier alpha value is -2.62. The summed E-state index contributed by atoms with van der Waals surface area (Å²) in [4.78, 5) is 26.9. The van der Waals surface area contributed by atoms with Crippen LogP contribution in [0, 0.1) is 41.4 Å². The lowest BCUT2D eigenvalue weighted by molar-refractivity contribution is -0.124. The van der Waals surface area contributed by atoms with E-state index in [4.69, 9.17) is 9.47 Å². The molecule has 4 N–H and O–H groups in total. The van der Waals surface area contributed by atoms with Crippen molar-refractivity contribution < 1.29 is 39.5 Å². The first kappa shape index (κ1) is 43.4. The molecule has 0 aromatic rings. The van der Waals surface area contributed by atoms with E-state index in [1.807, 2.05) is 79.7 Å². The van der Waals surface area contributed by atoms with Crippen molar-refractivity contribution in [3.05, 3.63) is 71.6 Å². The minimum absolute atomic E-state index is 0.0145. The molecule has 1 aliphatic carbocycles. The topological polar surface area (TPSA) is 134 Å². The van der Waals surface area contributed by atoms with Gasteiger partial charge in [-0.1, -0.05) is 95.2 Å². The van der Waals surface area contributed by atoms with Crippen molar-refractivity contribution >= 4 is 11.6 Å². The van der Waals surface area contributed by atoms with E-state index >= 15 is 0 Å². The lowest BCUT2D eigenvalue weighted by Crippen LogP contribution is -2.40. The molecule has 0 saturated carbocycles. The predicted molar refractivity (Wildman–Crippen MR) is 193 cm³/mol. The normalized spacial score (nSPS) is 34.4. The highest BCUT2D eigenvalue weighted by Crippen LogP contribution is 2.32. The average molecular weight is 673 g/mol. The zero-order valence-corrected chi connectivity index (χ0v) is 31.2. The number of allylic oxidation sites excluding steroid dienone is 8. The molecule has 0 amide bonds. The summed E-state index contributed by atoms with van der Waals surface area (Å²) in [5.74, 6) is -3.25. The number of ketones is 2. The first-order chi connectivity index (χ1) is 22.5. The third kappa shape index (κ3) is 13.0. The first-order valence-electron chi connectivity index (χ1n) is 17.4. The van der Waals surface area contributed by atoms with Gasteiger partial charge < -0.3 is 29.9 Å². The summed E-state index contributed by atoms with van der Waals surface area (Å²) in [5, 5.41) is 44.2. The van der Waals surface area contributed by atoms with E-state index in [0.29, 0.717) is 12.8 Å². The molecule has 12 atom stereocenters. The maximum atomic E-state index is 13.8. The van der Waals surface area contributed by atoms with Gasteiger partial charge in [0.25, 0.3) is 0 Å². The lowest BCUT2D eigenvalue weighted by Gasteiger charge is -2.34. The fourth-order valence-electron chi connectivity index (χ4n) is 6.62. The summed E-state index contributed by atoms with van der Waals surface area (Å²) in [7, 11) is 2.99. The summed E-state index contributed by atoms with van der Waals surface area (Å²) >= 11 is 0. The number of carbonyl (C=O) groups is 2. The van der Waals surface area contributed by atoms with Crippen LogP contribution >= 0.6 is 0 Å². The lowest BCUT2D eigenvalue weighted by atomic mass is 9.76. The number of hydrogen-bond acceptors (Lipinski definition) is 8. The average Bonchev–Trinajstić information content (AvgIpc) is 3.05. The second kappa shape index (κ2) is 21.5. The molecular weight excluding hydrogens is 608 g/mol. The third-order valence-corrected chi connectivity index (χ3v) is 9.96. The van der Waals surface area contributed by atoms with Crippen molar-refractivity contribution in [1.29, 1.82) is 0 Å². The van der Waals surface area contributed by atoms with Gasteiger partial charge in [-0.15, -0.1) is 0 Å². The predicted octanol–water partition coefficient (Wildman–Crippen LogP) is 6.31. The number of ether oxygens (including phenoxy) is 2. The van der Waals surface area contributed by atoms with Crippen LogP contribution in [-0.4, -0.2) is 76.7 Å². The minimum atomic E-state index is -1.09. The van der Waals surface area contributed by atoms with Crippen LogP contribution < -0.4 is 0 Å². The summed E-state index contributed by atoms with van der Waals surface area (Å²) in [5.41, 5.74) is 1.77. The van der Waals surface area contributed by atoms with Crippen molar-refractivity contribution in [2.24, 2.45) is 41.4 Å². The second-order valence-electron chi connectivity index (χ2n) is 13.9. The van der Waals surface area contributed by atoms with Gasteiger partial charge in [0.2, 0.25) is 0 Å². The largest absolute Gasteiger partial charge is 0.493 e. The molecule has 0 aliphatic heterocycles. The highest BCUT2D eigenvalue weighted by Gasteiger charge is 2.37. The van der Waals surface area contributed by atoms with Gasteiger partial charge in [-0.05, 0) is 57.6 Å². The van der Waals surface area contributed by atoms with Gasteiger partial charge in [0.15, 0.2) is 17.3 Å². The molecule has 1 aliphatic rings. The molecule has 0 heterocycles. The van der Waals surface area contributed by atoms with E-state index < -0.39 is 48.3 Å². The molecule has 48 heavy (non-hydrogen) atoms. The highest BCUT2D eigenvalue weighted by atomic mass is 16.5. The van der Waals surface area contributed by atoms with Crippen molar-refractivity contribution in [1.82, 2.24) is 0 Å². The third-order valence-electron chi connectivity index (χ3n) is 9.96. The van der Waals surface area contributed by atoms with Crippen molar-refractivity contribution in [3.63, 3.8) is 0 Å². The van der Waals surface area contributed by atoms with Gasteiger partial charge >= 0.3 is 0 Å². The molecule has 0 aromatic carbocycles. The van der Waals surface area contributed by atoms with Gasteiger partial charge in [-0.25, -0.2) is 0 Å². The number of hydrogen-bond donors (Lipinski definition) is 4. The molecule has 272 valence electrons. The number of Topliss-reactive ketones (excluding diaryl/α,β-unsaturated/α-hetero) is 1. The highest BCUT2D eigenvalue weighted by molar-refractivity contribution is 5.94. The Bertz CT molecular complexity index is 1190. The van der Waals surface area contributed by atoms with Gasteiger partial charge in [0.05, 0.1) is 37.6 Å². The summed E-state index contributed by atoms with van der Waals surface area (Å²) in [6.45, 7) is 16.8. The van der Waals surface area contributed by atoms with E-state index in [9.17, 15) is 30.0 Å². The number of aliphatic hydroxyl groups is 4. The molecule has 1 rings (SSSR count). The molecule has 0 bridgehead atoms. The Morgan fingerprint density at radius 2 is 1.69 bits per heavy atom. The molecule has 0 aromatic heterocycles.